The zero-order valence-electron chi connectivity index (χ0n) is 18.7. The molecule has 0 heterocycles. The van der Waals surface area contributed by atoms with Gasteiger partial charge in [0.05, 0.1) is 20.3 Å². The van der Waals surface area contributed by atoms with Crippen LogP contribution in [0.1, 0.15) is 38.2 Å². The molecule has 32 heavy (non-hydrogen) atoms. The fraction of sp³-hybridized carbons (Fsp3) is 0.308. The Hall–Kier alpha value is -3.54. The summed E-state index contributed by atoms with van der Waals surface area (Å²) in [6.45, 7) is 6.19. The van der Waals surface area contributed by atoms with Crippen molar-refractivity contribution in [3.63, 3.8) is 0 Å². The van der Waals surface area contributed by atoms with Gasteiger partial charge in [-0.15, -0.1) is 0 Å². The maximum Gasteiger partial charge on any atom is 0.336 e. The number of rotatable bonds is 13. The van der Waals surface area contributed by atoms with Gasteiger partial charge in [0.25, 0.3) is 0 Å². The third-order valence-corrected chi connectivity index (χ3v) is 4.46. The topological polar surface area (TPSA) is 71.1 Å². The minimum Gasteiger partial charge on any atom is -0.497 e. The highest BCUT2D eigenvalue weighted by Crippen LogP contribution is 2.19. The van der Waals surface area contributed by atoms with Crippen LogP contribution in [0.25, 0.3) is 6.08 Å². The van der Waals surface area contributed by atoms with Crippen molar-refractivity contribution in [1.82, 2.24) is 0 Å². The Bertz CT molecular complexity index is 897. The number of hydrogen-bond acceptors (Lipinski definition) is 6. The van der Waals surface area contributed by atoms with Crippen molar-refractivity contribution in [1.29, 1.82) is 0 Å². The lowest BCUT2D eigenvalue weighted by Crippen LogP contribution is -2.06. The second-order valence-electron chi connectivity index (χ2n) is 7.18. The van der Waals surface area contributed by atoms with E-state index in [0.29, 0.717) is 30.3 Å². The number of carbonyl (C=O) groups is 2. The molecule has 2 aromatic carbocycles. The van der Waals surface area contributed by atoms with Crippen LogP contribution in [0, 0.1) is 0 Å². The number of esters is 2. The molecule has 0 N–H and O–H groups in total. The largest absolute Gasteiger partial charge is 0.497 e. The van der Waals surface area contributed by atoms with Crippen molar-refractivity contribution in [3.05, 3.63) is 72.3 Å². The molecule has 0 unspecified atom stereocenters. The smallest absolute Gasteiger partial charge is 0.336 e. The number of unbranched alkanes of at least 4 members (excludes halogenated alkanes) is 3. The van der Waals surface area contributed by atoms with Crippen LogP contribution in [0.2, 0.25) is 0 Å². The van der Waals surface area contributed by atoms with Gasteiger partial charge in [-0.25, -0.2) is 9.59 Å². The summed E-state index contributed by atoms with van der Waals surface area (Å²) in [4.78, 5) is 23.2. The minimum atomic E-state index is -0.455. The predicted molar refractivity (Wildman–Crippen MR) is 124 cm³/mol. The SMILES string of the molecule is C=C(C)C(=O)OCCCCCCOc1ccc(OC(=O)/C=C/c2ccc(OC)cc2)cc1. The van der Waals surface area contributed by atoms with E-state index in [4.69, 9.17) is 18.9 Å². The molecule has 0 atom stereocenters. The van der Waals surface area contributed by atoms with Crippen LogP contribution in [0.5, 0.6) is 17.2 Å². The van der Waals surface area contributed by atoms with Crippen molar-refractivity contribution in [3.8, 4) is 17.2 Å². The molecule has 0 aromatic heterocycles. The quantitative estimate of drug-likeness (QED) is 0.181. The summed E-state index contributed by atoms with van der Waals surface area (Å²) in [5.41, 5.74) is 1.29. The van der Waals surface area contributed by atoms with E-state index in [1.54, 1.807) is 44.4 Å². The van der Waals surface area contributed by atoms with Crippen LogP contribution in [0.15, 0.2) is 66.8 Å². The lowest BCUT2D eigenvalue weighted by molar-refractivity contribution is -0.139. The Morgan fingerprint density at radius 3 is 2.06 bits per heavy atom. The van der Waals surface area contributed by atoms with E-state index in [1.165, 1.54) is 6.08 Å². The zero-order chi connectivity index (χ0) is 23.2. The molecule has 0 aliphatic carbocycles. The molecule has 0 amide bonds. The van der Waals surface area contributed by atoms with Crippen molar-refractivity contribution in [2.24, 2.45) is 0 Å². The van der Waals surface area contributed by atoms with E-state index in [9.17, 15) is 9.59 Å². The van der Waals surface area contributed by atoms with Gasteiger partial charge in [-0.2, -0.15) is 0 Å². The molecule has 2 rings (SSSR count). The van der Waals surface area contributed by atoms with Crippen molar-refractivity contribution in [2.45, 2.75) is 32.6 Å². The summed E-state index contributed by atoms with van der Waals surface area (Å²) in [5.74, 6) is 1.13. The summed E-state index contributed by atoms with van der Waals surface area (Å²) in [5, 5.41) is 0. The lowest BCUT2D eigenvalue weighted by Gasteiger charge is -2.07. The number of methoxy groups -OCH3 is 1. The van der Waals surface area contributed by atoms with Crippen LogP contribution >= 0.6 is 0 Å². The highest BCUT2D eigenvalue weighted by atomic mass is 16.5. The number of hydrogen-bond donors (Lipinski definition) is 0. The van der Waals surface area contributed by atoms with Gasteiger partial charge in [-0.1, -0.05) is 18.7 Å². The molecule has 0 bridgehead atoms. The summed E-state index contributed by atoms with van der Waals surface area (Å²) in [7, 11) is 1.61. The van der Waals surface area contributed by atoms with E-state index in [-0.39, 0.29) is 5.97 Å². The Morgan fingerprint density at radius 1 is 0.844 bits per heavy atom. The summed E-state index contributed by atoms with van der Waals surface area (Å²) >= 11 is 0. The van der Waals surface area contributed by atoms with Crippen LogP contribution in [0.4, 0.5) is 0 Å². The van der Waals surface area contributed by atoms with Gasteiger partial charge >= 0.3 is 11.9 Å². The Kier molecular flexibility index (Phi) is 10.6. The van der Waals surface area contributed by atoms with Gasteiger partial charge in [0.2, 0.25) is 0 Å². The monoisotopic (exact) mass is 438 g/mol. The zero-order valence-corrected chi connectivity index (χ0v) is 18.7. The van der Waals surface area contributed by atoms with Crippen LogP contribution < -0.4 is 14.2 Å². The molecule has 170 valence electrons. The van der Waals surface area contributed by atoms with Crippen LogP contribution in [0.3, 0.4) is 0 Å². The maximum absolute atomic E-state index is 12.0. The Morgan fingerprint density at radius 2 is 1.44 bits per heavy atom. The minimum absolute atomic E-state index is 0.337. The summed E-state index contributed by atoms with van der Waals surface area (Å²) in [6, 6.07) is 14.3. The first-order valence-corrected chi connectivity index (χ1v) is 10.6. The molecule has 6 heteroatoms. The van der Waals surface area contributed by atoms with Gasteiger partial charge in [0.1, 0.15) is 17.2 Å². The van der Waals surface area contributed by atoms with Gasteiger partial charge in [0, 0.05) is 11.6 Å². The fourth-order valence-corrected chi connectivity index (χ4v) is 2.67. The third-order valence-electron chi connectivity index (χ3n) is 4.46. The summed E-state index contributed by atoms with van der Waals surface area (Å²) in [6.07, 6.45) is 6.75. The first-order valence-electron chi connectivity index (χ1n) is 10.6. The van der Waals surface area contributed by atoms with Crippen LogP contribution in [-0.4, -0.2) is 32.3 Å². The fourth-order valence-electron chi connectivity index (χ4n) is 2.67. The molecule has 0 saturated heterocycles. The molecule has 0 saturated carbocycles. The van der Waals surface area contributed by atoms with E-state index >= 15 is 0 Å². The third kappa shape index (κ3) is 9.51. The van der Waals surface area contributed by atoms with Gasteiger partial charge in [0.15, 0.2) is 0 Å². The van der Waals surface area contributed by atoms with E-state index in [0.717, 1.165) is 37.0 Å². The molecule has 0 fully saturated rings. The second-order valence-corrected chi connectivity index (χ2v) is 7.18. The Labute approximate surface area is 189 Å². The average molecular weight is 439 g/mol. The number of ether oxygens (including phenoxy) is 4. The molecule has 0 spiro atoms. The standard InChI is InChI=1S/C26H30O6/c1-20(2)26(28)31-19-7-5-4-6-18-30-23-13-15-24(16-14-23)32-25(27)17-10-21-8-11-22(29-3)12-9-21/h8-17H,1,4-7,18-19H2,2-3H3/b17-10+. The highest BCUT2D eigenvalue weighted by Gasteiger charge is 2.03. The normalized spacial score (nSPS) is 10.6. The second kappa shape index (κ2) is 13.7. The lowest BCUT2D eigenvalue weighted by atomic mass is 10.2. The first kappa shape index (κ1) is 24.7. The Balaban J connectivity index is 1.62. The van der Waals surface area contributed by atoms with E-state index in [1.807, 2.05) is 24.3 Å². The number of benzene rings is 2. The molecule has 0 aliphatic heterocycles. The van der Waals surface area contributed by atoms with Gasteiger partial charge in [-0.05, 0) is 80.6 Å². The van der Waals surface area contributed by atoms with E-state index < -0.39 is 5.97 Å². The molecule has 0 radical (unpaired) electrons. The average Bonchev–Trinajstić information content (AvgIpc) is 2.80. The van der Waals surface area contributed by atoms with Gasteiger partial charge < -0.3 is 18.9 Å². The first-order chi connectivity index (χ1) is 15.5. The van der Waals surface area contributed by atoms with Crippen molar-refractivity contribution >= 4 is 18.0 Å². The summed E-state index contributed by atoms with van der Waals surface area (Å²) < 4.78 is 21.2. The predicted octanol–water partition coefficient (Wildman–Crippen LogP) is 5.37. The molecular formula is C26H30O6. The molecule has 0 aliphatic rings. The maximum atomic E-state index is 12.0. The van der Waals surface area contributed by atoms with E-state index in [2.05, 4.69) is 6.58 Å². The molecule has 6 nitrogen and oxygen atoms in total. The van der Waals surface area contributed by atoms with Crippen LogP contribution in [-0.2, 0) is 14.3 Å². The number of carbonyl (C=O) groups excluding carboxylic acids is 2. The molecule has 2 aromatic rings. The van der Waals surface area contributed by atoms with Crippen molar-refractivity contribution < 1.29 is 28.5 Å². The molecular weight excluding hydrogens is 408 g/mol. The van der Waals surface area contributed by atoms with Gasteiger partial charge in [-0.3, -0.25) is 0 Å². The highest BCUT2D eigenvalue weighted by molar-refractivity contribution is 5.88. The van der Waals surface area contributed by atoms with Crippen molar-refractivity contribution in [2.75, 3.05) is 20.3 Å².